The molecule has 0 aliphatic heterocycles. The van der Waals surface area contributed by atoms with Crippen LogP contribution in [0.25, 0.3) is 11.3 Å². The molecule has 0 spiro atoms. The monoisotopic (exact) mass is 477 g/mol. The summed E-state index contributed by atoms with van der Waals surface area (Å²) in [6.07, 6.45) is -1.26. The highest BCUT2D eigenvalue weighted by Crippen LogP contribution is 2.32. The number of aromatic nitrogens is 1. The number of halogens is 1. The molecule has 0 aliphatic rings. The first-order chi connectivity index (χ1) is 15.1. The van der Waals surface area contributed by atoms with Crippen LogP contribution in [0.2, 0.25) is 5.02 Å². The molecule has 0 saturated carbocycles. The number of hydrogen-bond acceptors (Lipinski definition) is 6. The Morgan fingerprint density at radius 1 is 1.09 bits per heavy atom. The van der Waals surface area contributed by atoms with E-state index in [4.69, 9.17) is 20.9 Å². The van der Waals surface area contributed by atoms with Crippen LogP contribution in [0.5, 0.6) is 0 Å². The van der Waals surface area contributed by atoms with E-state index in [1.165, 1.54) is 0 Å². The molecule has 32 heavy (non-hydrogen) atoms. The number of aryl methyl sites for hydroxylation is 1. The van der Waals surface area contributed by atoms with Crippen LogP contribution < -0.4 is 10.0 Å². The van der Waals surface area contributed by atoms with Crippen LogP contribution in [0, 0.1) is 6.92 Å². The van der Waals surface area contributed by atoms with Crippen molar-refractivity contribution in [3.63, 3.8) is 0 Å². The summed E-state index contributed by atoms with van der Waals surface area (Å²) in [4.78, 5) is 12.5. The number of nitrogens with one attached hydrogen (secondary N) is 2. The molecule has 0 saturated heterocycles. The van der Waals surface area contributed by atoms with Gasteiger partial charge in [-0.3, -0.25) is 10.0 Å². The smallest absolute Gasteiger partial charge is 0.412 e. The first kappa shape index (κ1) is 23.6. The topological polar surface area (TPSA) is 111 Å². The van der Waals surface area contributed by atoms with E-state index in [2.05, 4.69) is 15.2 Å². The molecule has 0 aliphatic carbocycles. The van der Waals surface area contributed by atoms with Crippen molar-refractivity contribution in [2.75, 3.05) is 10.0 Å². The van der Waals surface area contributed by atoms with Crippen LogP contribution in [-0.2, 0) is 14.8 Å². The molecule has 0 radical (unpaired) electrons. The van der Waals surface area contributed by atoms with E-state index in [1.54, 1.807) is 70.2 Å². The average Bonchev–Trinajstić information content (AvgIpc) is 3.08. The minimum Gasteiger partial charge on any atom is -0.441 e. The zero-order chi connectivity index (χ0) is 23.5. The van der Waals surface area contributed by atoms with Crippen molar-refractivity contribution in [1.82, 2.24) is 5.16 Å². The normalized spacial score (nSPS) is 12.4. The zero-order valence-corrected chi connectivity index (χ0v) is 19.6. The van der Waals surface area contributed by atoms with Crippen molar-refractivity contribution in [1.29, 1.82) is 0 Å². The molecule has 1 heterocycles. The molecule has 2 N–H and O–H groups in total. The van der Waals surface area contributed by atoms with E-state index in [0.717, 1.165) is 0 Å². The second-order valence-corrected chi connectivity index (χ2v) is 10.1. The lowest BCUT2D eigenvalue weighted by atomic mass is 10.1. The summed E-state index contributed by atoms with van der Waals surface area (Å²) < 4.78 is 37.4. The number of hydrogen-bond donors (Lipinski definition) is 2. The lowest BCUT2D eigenvalue weighted by molar-refractivity contribution is 0.121. The molecule has 3 aromatic rings. The van der Waals surface area contributed by atoms with E-state index in [1.807, 2.05) is 6.07 Å². The number of amides is 1. The summed E-state index contributed by atoms with van der Waals surface area (Å²) in [5.41, 5.74) is 2.53. The van der Waals surface area contributed by atoms with Crippen molar-refractivity contribution >= 4 is 39.1 Å². The molecular weight excluding hydrogens is 454 g/mol. The summed E-state index contributed by atoms with van der Waals surface area (Å²) in [5, 5.41) is 6.54. The van der Waals surface area contributed by atoms with Gasteiger partial charge in [-0.15, -0.1) is 0 Å². The predicted octanol–water partition coefficient (Wildman–Crippen LogP) is 5.76. The standard InChI is InChI=1S/C22H24ClN3O5S/c1-13(2)32(28,29)26-17-11-9-16(10-12-17)21-20(14(3)25-31-21)24-22(27)30-15(4)18-7-5-6-8-19(18)23/h5-13,15,26H,1-4H3,(H,24,27). The van der Waals surface area contributed by atoms with Gasteiger partial charge in [-0.05, 0) is 58.0 Å². The van der Waals surface area contributed by atoms with Crippen LogP contribution in [0.3, 0.4) is 0 Å². The van der Waals surface area contributed by atoms with Crippen LogP contribution >= 0.6 is 11.6 Å². The summed E-state index contributed by atoms with van der Waals surface area (Å²) in [6, 6.07) is 13.7. The van der Waals surface area contributed by atoms with Crippen LogP contribution in [-0.4, -0.2) is 24.9 Å². The Morgan fingerprint density at radius 3 is 2.38 bits per heavy atom. The van der Waals surface area contributed by atoms with Gasteiger partial charge in [-0.2, -0.15) is 0 Å². The van der Waals surface area contributed by atoms with E-state index < -0.39 is 27.5 Å². The Bertz CT molecular complexity index is 1210. The van der Waals surface area contributed by atoms with Crippen molar-refractivity contribution in [2.24, 2.45) is 0 Å². The Balaban J connectivity index is 1.75. The van der Waals surface area contributed by atoms with Gasteiger partial charge in [0.25, 0.3) is 0 Å². The third-order valence-corrected chi connectivity index (χ3v) is 6.85. The number of carbonyl (C=O) groups is 1. The maximum Gasteiger partial charge on any atom is 0.412 e. The van der Waals surface area contributed by atoms with Crippen LogP contribution in [0.15, 0.2) is 53.1 Å². The van der Waals surface area contributed by atoms with Gasteiger partial charge in [-0.1, -0.05) is 35.0 Å². The highest BCUT2D eigenvalue weighted by molar-refractivity contribution is 7.93. The second-order valence-electron chi connectivity index (χ2n) is 7.44. The van der Waals surface area contributed by atoms with Crippen molar-refractivity contribution in [3.05, 3.63) is 64.8 Å². The molecule has 170 valence electrons. The maximum absolute atomic E-state index is 12.5. The fourth-order valence-electron chi connectivity index (χ4n) is 2.85. The number of nitrogens with zero attached hydrogens (tertiary/aromatic N) is 1. The van der Waals surface area contributed by atoms with E-state index in [-0.39, 0.29) is 0 Å². The number of rotatable bonds is 7. The maximum atomic E-state index is 12.5. The zero-order valence-electron chi connectivity index (χ0n) is 18.0. The van der Waals surface area contributed by atoms with Crippen molar-refractivity contribution in [3.8, 4) is 11.3 Å². The highest BCUT2D eigenvalue weighted by atomic mass is 35.5. The quantitative estimate of drug-likeness (QED) is 0.447. The SMILES string of the molecule is Cc1noc(-c2ccc(NS(=O)(=O)C(C)C)cc2)c1NC(=O)OC(C)c1ccccc1Cl. The van der Waals surface area contributed by atoms with Crippen molar-refractivity contribution < 1.29 is 22.5 Å². The Hall–Kier alpha value is -3.04. The number of ether oxygens (including phenoxy) is 1. The minimum absolute atomic E-state index is 0.322. The van der Waals surface area contributed by atoms with Gasteiger partial charge in [0.15, 0.2) is 5.76 Å². The molecule has 10 heteroatoms. The first-order valence-electron chi connectivity index (χ1n) is 9.89. The molecule has 0 fully saturated rings. The van der Waals surface area contributed by atoms with Gasteiger partial charge in [0.1, 0.15) is 17.5 Å². The Kier molecular flexibility index (Phi) is 7.10. The molecular formula is C22H24ClN3O5S. The van der Waals surface area contributed by atoms with E-state index in [9.17, 15) is 13.2 Å². The molecule has 1 atom stereocenters. The fraction of sp³-hybridized carbons (Fsp3) is 0.273. The molecule has 2 aromatic carbocycles. The average molecular weight is 478 g/mol. The molecule has 3 rings (SSSR count). The molecule has 8 nitrogen and oxygen atoms in total. The number of anilines is 2. The third-order valence-electron chi connectivity index (χ3n) is 4.74. The first-order valence-corrected chi connectivity index (χ1v) is 11.8. The van der Waals surface area contributed by atoms with E-state index >= 15 is 0 Å². The minimum atomic E-state index is -3.46. The van der Waals surface area contributed by atoms with Gasteiger partial charge in [0.2, 0.25) is 10.0 Å². The number of sulfonamides is 1. The molecule has 0 bridgehead atoms. The van der Waals surface area contributed by atoms with E-state index in [0.29, 0.717) is 39.0 Å². The van der Waals surface area contributed by atoms with Gasteiger partial charge in [0, 0.05) is 21.8 Å². The molecule has 1 unspecified atom stereocenters. The highest BCUT2D eigenvalue weighted by Gasteiger charge is 2.21. The lowest BCUT2D eigenvalue weighted by Crippen LogP contribution is -2.22. The molecule has 1 aromatic heterocycles. The predicted molar refractivity (Wildman–Crippen MR) is 124 cm³/mol. The van der Waals surface area contributed by atoms with Crippen molar-refractivity contribution in [2.45, 2.75) is 39.0 Å². The third kappa shape index (κ3) is 5.41. The van der Waals surface area contributed by atoms with Gasteiger partial charge in [-0.25, -0.2) is 13.2 Å². The summed E-state index contributed by atoms with van der Waals surface area (Å²) in [7, 11) is -3.46. The Labute approximate surface area is 192 Å². The molecule has 1 amide bonds. The van der Waals surface area contributed by atoms with Gasteiger partial charge < -0.3 is 9.26 Å². The lowest BCUT2D eigenvalue weighted by Gasteiger charge is -2.15. The Morgan fingerprint density at radius 2 is 1.75 bits per heavy atom. The van der Waals surface area contributed by atoms with Gasteiger partial charge in [0.05, 0.1) is 5.25 Å². The number of benzene rings is 2. The fourth-order valence-corrected chi connectivity index (χ4v) is 3.84. The summed E-state index contributed by atoms with van der Waals surface area (Å²) in [5.74, 6) is 0.322. The second kappa shape index (κ2) is 9.62. The summed E-state index contributed by atoms with van der Waals surface area (Å²) in [6.45, 7) is 6.60. The number of carbonyl (C=O) groups excluding carboxylic acids is 1. The van der Waals surface area contributed by atoms with Gasteiger partial charge >= 0.3 is 6.09 Å². The summed E-state index contributed by atoms with van der Waals surface area (Å²) >= 11 is 6.17. The largest absolute Gasteiger partial charge is 0.441 e. The van der Waals surface area contributed by atoms with Crippen LogP contribution in [0.4, 0.5) is 16.2 Å². The van der Waals surface area contributed by atoms with Crippen LogP contribution in [0.1, 0.15) is 38.1 Å².